The predicted octanol–water partition coefficient (Wildman–Crippen LogP) is 2.72. The molecule has 0 bridgehead atoms. The van der Waals surface area contributed by atoms with Crippen LogP contribution in [-0.4, -0.2) is 47.5 Å². The van der Waals surface area contributed by atoms with E-state index in [1.807, 2.05) is 37.4 Å². The first-order valence-corrected chi connectivity index (χ1v) is 8.91. The Labute approximate surface area is 153 Å². The Balaban J connectivity index is 0.00000242. The molecule has 0 aliphatic carbocycles. The summed E-state index contributed by atoms with van der Waals surface area (Å²) in [5.41, 5.74) is 0. The lowest BCUT2D eigenvalue weighted by molar-refractivity contribution is 0.266. The van der Waals surface area contributed by atoms with E-state index in [0.717, 1.165) is 29.9 Å². The molecule has 0 amide bonds. The zero-order valence-electron chi connectivity index (χ0n) is 13.3. The van der Waals surface area contributed by atoms with Gasteiger partial charge in [0.25, 0.3) is 0 Å². The molecule has 2 rings (SSSR count). The first-order valence-electron chi connectivity index (χ1n) is 7.59. The molecule has 1 aliphatic rings. The fraction of sp³-hybridized carbons (Fsp3) is 0.562. The summed E-state index contributed by atoms with van der Waals surface area (Å²) in [6, 6.07) is 9.62. The summed E-state index contributed by atoms with van der Waals surface area (Å²) in [5, 5.41) is 3.34. The van der Waals surface area contributed by atoms with Crippen molar-refractivity contribution in [2.75, 3.05) is 32.4 Å². The number of benzene rings is 1. The van der Waals surface area contributed by atoms with E-state index in [9.17, 15) is 4.21 Å². The number of nitrogens with zero attached hydrogens (tertiary/aromatic N) is 2. The summed E-state index contributed by atoms with van der Waals surface area (Å²) in [4.78, 5) is 7.54. The van der Waals surface area contributed by atoms with E-state index < -0.39 is 10.8 Å². The summed E-state index contributed by atoms with van der Waals surface area (Å²) in [6.07, 6.45) is 2.52. The molecular weight excluding hydrogens is 409 g/mol. The molecular formula is C16H26IN3OS. The second-order valence-corrected chi connectivity index (χ2v) is 7.10. The monoisotopic (exact) mass is 435 g/mol. The fourth-order valence-corrected chi connectivity index (χ4v) is 3.64. The van der Waals surface area contributed by atoms with Crippen molar-refractivity contribution in [3.8, 4) is 0 Å². The van der Waals surface area contributed by atoms with Gasteiger partial charge in [-0.25, -0.2) is 0 Å². The van der Waals surface area contributed by atoms with Crippen LogP contribution in [0, 0.1) is 5.92 Å². The molecule has 1 fully saturated rings. The average Bonchev–Trinajstić information content (AvgIpc) is 2.52. The molecule has 1 saturated heterocycles. The maximum absolute atomic E-state index is 12.2. The quantitative estimate of drug-likeness (QED) is 0.450. The number of likely N-dealkylation sites (tertiary alicyclic amines) is 1. The molecule has 1 aliphatic heterocycles. The molecule has 0 saturated carbocycles. The summed E-state index contributed by atoms with van der Waals surface area (Å²) in [6.45, 7) is 5.08. The van der Waals surface area contributed by atoms with Gasteiger partial charge in [-0.3, -0.25) is 9.20 Å². The van der Waals surface area contributed by atoms with Crippen molar-refractivity contribution in [2.24, 2.45) is 10.9 Å². The maximum atomic E-state index is 12.2. The van der Waals surface area contributed by atoms with Crippen LogP contribution in [0.2, 0.25) is 0 Å². The molecule has 1 N–H and O–H groups in total. The van der Waals surface area contributed by atoms with Crippen molar-refractivity contribution in [2.45, 2.75) is 24.7 Å². The number of hydrogen-bond acceptors (Lipinski definition) is 2. The Morgan fingerprint density at radius 3 is 2.77 bits per heavy atom. The largest absolute Gasteiger partial charge is 0.355 e. The summed E-state index contributed by atoms with van der Waals surface area (Å²) in [7, 11) is 0.865. The molecule has 2 unspecified atom stereocenters. The van der Waals surface area contributed by atoms with Gasteiger partial charge in [0, 0.05) is 37.3 Å². The van der Waals surface area contributed by atoms with Gasteiger partial charge in [0.1, 0.15) is 0 Å². The summed E-state index contributed by atoms with van der Waals surface area (Å²) < 4.78 is 12.2. The fourth-order valence-electron chi connectivity index (χ4n) is 2.66. The summed E-state index contributed by atoms with van der Waals surface area (Å²) in [5.74, 6) is 2.26. The second-order valence-electron chi connectivity index (χ2n) is 5.53. The molecule has 4 nitrogen and oxygen atoms in total. The Morgan fingerprint density at radius 1 is 1.41 bits per heavy atom. The van der Waals surface area contributed by atoms with Gasteiger partial charge in [-0.15, -0.1) is 24.0 Å². The highest BCUT2D eigenvalue weighted by Gasteiger charge is 2.19. The highest BCUT2D eigenvalue weighted by Crippen LogP contribution is 2.15. The van der Waals surface area contributed by atoms with E-state index in [0.29, 0.717) is 12.3 Å². The molecule has 124 valence electrons. The molecule has 22 heavy (non-hydrogen) atoms. The normalized spacial score (nSPS) is 20.2. The van der Waals surface area contributed by atoms with E-state index in [-0.39, 0.29) is 24.0 Å². The molecule has 1 heterocycles. The predicted molar refractivity (Wildman–Crippen MR) is 104 cm³/mol. The van der Waals surface area contributed by atoms with Gasteiger partial charge >= 0.3 is 0 Å². The van der Waals surface area contributed by atoms with Gasteiger partial charge < -0.3 is 10.2 Å². The van der Waals surface area contributed by atoms with Crippen LogP contribution in [0.15, 0.2) is 40.2 Å². The minimum Gasteiger partial charge on any atom is -0.355 e. The molecule has 0 spiro atoms. The zero-order valence-corrected chi connectivity index (χ0v) is 16.5. The Bertz CT molecular complexity index is 495. The SMILES string of the molecule is CN=C(NCCS(=O)c1ccccc1)N1CCCC(C)C1.I. The highest BCUT2D eigenvalue weighted by atomic mass is 127. The minimum atomic E-state index is -0.950. The van der Waals surface area contributed by atoms with Crippen LogP contribution in [0.3, 0.4) is 0 Å². The topological polar surface area (TPSA) is 44.7 Å². The third-order valence-electron chi connectivity index (χ3n) is 3.75. The van der Waals surface area contributed by atoms with Gasteiger partial charge in [0.05, 0.1) is 10.8 Å². The second kappa shape index (κ2) is 10.2. The first kappa shape index (κ1) is 19.4. The Morgan fingerprint density at radius 2 is 2.14 bits per heavy atom. The van der Waals surface area contributed by atoms with Crippen LogP contribution in [0.25, 0.3) is 0 Å². The van der Waals surface area contributed by atoms with Gasteiger partial charge in [-0.2, -0.15) is 0 Å². The van der Waals surface area contributed by atoms with Crippen molar-refractivity contribution in [3.05, 3.63) is 30.3 Å². The van der Waals surface area contributed by atoms with Gasteiger partial charge in [-0.05, 0) is 30.9 Å². The number of nitrogens with one attached hydrogen (secondary N) is 1. The van der Waals surface area contributed by atoms with Crippen LogP contribution < -0.4 is 5.32 Å². The van der Waals surface area contributed by atoms with Crippen LogP contribution >= 0.6 is 24.0 Å². The van der Waals surface area contributed by atoms with Crippen LogP contribution in [0.5, 0.6) is 0 Å². The minimum absolute atomic E-state index is 0. The Hall–Kier alpha value is -0.630. The molecule has 0 radical (unpaired) electrons. The first-order chi connectivity index (χ1) is 10.2. The average molecular weight is 435 g/mol. The zero-order chi connectivity index (χ0) is 15.1. The van der Waals surface area contributed by atoms with E-state index >= 15 is 0 Å². The van der Waals surface area contributed by atoms with Gasteiger partial charge in [-0.1, -0.05) is 25.1 Å². The number of halogens is 1. The van der Waals surface area contributed by atoms with Crippen molar-refractivity contribution in [1.82, 2.24) is 10.2 Å². The van der Waals surface area contributed by atoms with Crippen LogP contribution in [0.4, 0.5) is 0 Å². The lowest BCUT2D eigenvalue weighted by Gasteiger charge is -2.33. The standard InChI is InChI=1S/C16H25N3OS.HI/c1-14-7-6-11-19(13-14)16(17-2)18-10-12-21(20)15-8-4-3-5-9-15;/h3-5,8-9,14H,6-7,10-13H2,1-2H3,(H,17,18);1H. The lowest BCUT2D eigenvalue weighted by Crippen LogP contribution is -2.47. The molecule has 1 aromatic carbocycles. The number of piperidine rings is 1. The molecule has 0 aromatic heterocycles. The van der Waals surface area contributed by atoms with E-state index in [2.05, 4.69) is 22.1 Å². The van der Waals surface area contributed by atoms with Gasteiger partial charge in [0.2, 0.25) is 0 Å². The van der Waals surface area contributed by atoms with Crippen LogP contribution in [-0.2, 0) is 10.8 Å². The van der Waals surface area contributed by atoms with Crippen molar-refractivity contribution >= 4 is 40.7 Å². The molecule has 1 aromatic rings. The summed E-state index contributed by atoms with van der Waals surface area (Å²) >= 11 is 0. The maximum Gasteiger partial charge on any atom is 0.193 e. The number of hydrogen-bond donors (Lipinski definition) is 1. The Kier molecular flexibility index (Phi) is 9.00. The van der Waals surface area contributed by atoms with E-state index in [4.69, 9.17) is 0 Å². The van der Waals surface area contributed by atoms with Crippen LogP contribution in [0.1, 0.15) is 19.8 Å². The van der Waals surface area contributed by atoms with Gasteiger partial charge in [0.15, 0.2) is 5.96 Å². The number of rotatable bonds is 4. The lowest BCUT2D eigenvalue weighted by atomic mass is 10.0. The van der Waals surface area contributed by atoms with E-state index in [1.165, 1.54) is 12.8 Å². The number of aliphatic imine (C=N–C) groups is 1. The van der Waals surface area contributed by atoms with E-state index in [1.54, 1.807) is 0 Å². The van der Waals surface area contributed by atoms with Crippen molar-refractivity contribution in [3.63, 3.8) is 0 Å². The van der Waals surface area contributed by atoms with Crippen molar-refractivity contribution in [1.29, 1.82) is 0 Å². The molecule has 6 heteroatoms. The highest BCUT2D eigenvalue weighted by molar-refractivity contribution is 14.0. The van der Waals surface area contributed by atoms with Crippen molar-refractivity contribution < 1.29 is 4.21 Å². The third-order valence-corrected chi connectivity index (χ3v) is 5.12. The third kappa shape index (κ3) is 5.87. The molecule has 2 atom stereocenters. The number of guanidine groups is 1. The smallest absolute Gasteiger partial charge is 0.193 e.